The number of hydrogen-bond donors (Lipinski definition) is 2. The van der Waals surface area contributed by atoms with Crippen molar-refractivity contribution in [2.24, 2.45) is 5.10 Å². The number of nitrogens with zero attached hydrogens (tertiary/aromatic N) is 2. The van der Waals surface area contributed by atoms with E-state index in [2.05, 4.69) is 20.7 Å². The van der Waals surface area contributed by atoms with Crippen LogP contribution in [-0.2, 0) is 0 Å². The number of para-hydroxylation sites is 1. The molecule has 0 spiro atoms. The Kier molecular flexibility index (Phi) is 6.37. The van der Waals surface area contributed by atoms with E-state index in [-0.39, 0.29) is 0 Å². The van der Waals surface area contributed by atoms with Gasteiger partial charge >= 0.3 is 6.03 Å². The van der Waals surface area contributed by atoms with Crippen LogP contribution < -0.4 is 25.1 Å². The normalized spacial score (nSPS) is 13.6. The molecule has 3 rings (SSSR count). The van der Waals surface area contributed by atoms with Gasteiger partial charge in [0.15, 0.2) is 0 Å². The zero-order valence-electron chi connectivity index (χ0n) is 16.5. The van der Waals surface area contributed by atoms with Gasteiger partial charge in [-0.3, -0.25) is 0 Å². The summed E-state index contributed by atoms with van der Waals surface area (Å²) in [4.78, 5) is 14.3. The van der Waals surface area contributed by atoms with Crippen molar-refractivity contribution in [3.05, 3.63) is 47.5 Å². The number of methoxy groups -OCH3 is 2. The van der Waals surface area contributed by atoms with Crippen molar-refractivity contribution in [1.29, 1.82) is 0 Å². The number of hydrazone groups is 1. The third kappa shape index (κ3) is 4.54. The highest BCUT2D eigenvalue weighted by Gasteiger charge is 2.19. The molecule has 0 atom stereocenters. The molecule has 1 aliphatic rings. The van der Waals surface area contributed by atoms with Gasteiger partial charge in [-0.1, -0.05) is 18.2 Å². The SMILES string of the molecule is COc1cc(N2CCCC2)c(OC)cc1C=NNC(=O)Nc1ccccc1C. The van der Waals surface area contributed by atoms with Gasteiger partial charge < -0.3 is 19.7 Å². The van der Waals surface area contributed by atoms with Crippen molar-refractivity contribution < 1.29 is 14.3 Å². The highest BCUT2D eigenvalue weighted by atomic mass is 16.5. The molecule has 1 fully saturated rings. The average molecular weight is 382 g/mol. The van der Waals surface area contributed by atoms with Crippen LogP contribution in [0.4, 0.5) is 16.2 Å². The van der Waals surface area contributed by atoms with Crippen LogP contribution in [0.25, 0.3) is 0 Å². The lowest BCUT2D eigenvalue weighted by Gasteiger charge is -2.22. The lowest BCUT2D eigenvalue weighted by atomic mass is 10.1. The van der Waals surface area contributed by atoms with Crippen molar-refractivity contribution in [1.82, 2.24) is 5.43 Å². The predicted molar refractivity (Wildman–Crippen MR) is 112 cm³/mol. The Morgan fingerprint density at radius 3 is 2.50 bits per heavy atom. The van der Waals surface area contributed by atoms with Gasteiger partial charge in [0.2, 0.25) is 0 Å². The van der Waals surface area contributed by atoms with Crippen molar-refractivity contribution in [2.75, 3.05) is 37.5 Å². The van der Waals surface area contributed by atoms with Gasteiger partial charge in [-0.25, -0.2) is 10.2 Å². The maximum Gasteiger partial charge on any atom is 0.339 e. The van der Waals surface area contributed by atoms with Gasteiger partial charge in [0.25, 0.3) is 0 Å². The average Bonchev–Trinajstić information content (AvgIpc) is 3.24. The van der Waals surface area contributed by atoms with Gasteiger partial charge in [0, 0.05) is 30.4 Å². The van der Waals surface area contributed by atoms with Gasteiger partial charge in [-0.2, -0.15) is 5.10 Å². The summed E-state index contributed by atoms with van der Waals surface area (Å²) in [6, 6.07) is 11.0. The Balaban J connectivity index is 1.72. The second-order valence-electron chi connectivity index (χ2n) is 6.60. The Morgan fingerprint density at radius 2 is 1.82 bits per heavy atom. The van der Waals surface area contributed by atoms with Crippen LogP contribution in [0.1, 0.15) is 24.0 Å². The van der Waals surface area contributed by atoms with Crippen LogP contribution in [0.5, 0.6) is 11.5 Å². The maximum absolute atomic E-state index is 12.1. The molecule has 0 unspecified atom stereocenters. The third-order valence-electron chi connectivity index (χ3n) is 4.74. The highest BCUT2D eigenvalue weighted by Crippen LogP contribution is 2.36. The number of ether oxygens (including phenoxy) is 2. The quantitative estimate of drug-likeness (QED) is 0.589. The molecule has 2 N–H and O–H groups in total. The number of carbonyl (C=O) groups excluding carboxylic acids is 1. The molecule has 7 heteroatoms. The smallest absolute Gasteiger partial charge is 0.339 e. The molecule has 2 aromatic rings. The first-order valence-corrected chi connectivity index (χ1v) is 9.29. The fraction of sp³-hybridized carbons (Fsp3) is 0.333. The van der Waals surface area contributed by atoms with E-state index in [1.165, 1.54) is 12.8 Å². The van der Waals surface area contributed by atoms with E-state index in [1.807, 2.05) is 43.3 Å². The summed E-state index contributed by atoms with van der Waals surface area (Å²) in [7, 11) is 3.27. The number of rotatable bonds is 6. The molecule has 0 aromatic heterocycles. The molecule has 2 aromatic carbocycles. The summed E-state index contributed by atoms with van der Waals surface area (Å²) in [6.07, 6.45) is 3.90. The number of benzene rings is 2. The summed E-state index contributed by atoms with van der Waals surface area (Å²) in [5.41, 5.74) is 5.93. The van der Waals surface area contributed by atoms with E-state index >= 15 is 0 Å². The maximum atomic E-state index is 12.1. The Labute approximate surface area is 165 Å². The summed E-state index contributed by atoms with van der Waals surface area (Å²) in [5, 5.41) is 6.81. The summed E-state index contributed by atoms with van der Waals surface area (Å²) < 4.78 is 11.1. The molecule has 0 aliphatic carbocycles. The molecule has 148 valence electrons. The van der Waals surface area contributed by atoms with Crippen LogP contribution in [0.15, 0.2) is 41.5 Å². The number of urea groups is 1. The van der Waals surface area contributed by atoms with Gasteiger partial charge in [0.1, 0.15) is 11.5 Å². The molecule has 7 nitrogen and oxygen atoms in total. The monoisotopic (exact) mass is 382 g/mol. The fourth-order valence-corrected chi connectivity index (χ4v) is 3.24. The van der Waals surface area contributed by atoms with E-state index in [9.17, 15) is 4.79 Å². The summed E-state index contributed by atoms with van der Waals surface area (Å²) >= 11 is 0. The summed E-state index contributed by atoms with van der Waals surface area (Å²) in [6.45, 7) is 3.94. The lowest BCUT2D eigenvalue weighted by Crippen LogP contribution is -2.24. The summed E-state index contributed by atoms with van der Waals surface area (Å²) in [5.74, 6) is 1.43. The van der Waals surface area contributed by atoms with Crippen molar-refractivity contribution in [3.8, 4) is 11.5 Å². The molecule has 2 amide bonds. The Hall–Kier alpha value is -3.22. The van der Waals surface area contributed by atoms with E-state index < -0.39 is 6.03 Å². The Bertz CT molecular complexity index is 861. The van der Waals surface area contributed by atoms with E-state index in [0.717, 1.165) is 41.3 Å². The molecule has 0 bridgehead atoms. The van der Waals surface area contributed by atoms with E-state index in [0.29, 0.717) is 5.75 Å². The zero-order chi connectivity index (χ0) is 19.9. The van der Waals surface area contributed by atoms with E-state index in [1.54, 1.807) is 20.4 Å². The topological polar surface area (TPSA) is 75.2 Å². The molecule has 1 heterocycles. The van der Waals surface area contributed by atoms with Crippen LogP contribution in [0.3, 0.4) is 0 Å². The second-order valence-corrected chi connectivity index (χ2v) is 6.60. The van der Waals surface area contributed by atoms with Crippen LogP contribution in [0.2, 0.25) is 0 Å². The number of anilines is 2. The minimum Gasteiger partial charge on any atom is -0.496 e. The zero-order valence-corrected chi connectivity index (χ0v) is 16.5. The largest absolute Gasteiger partial charge is 0.496 e. The van der Waals surface area contributed by atoms with Gasteiger partial charge in [-0.05, 0) is 37.5 Å². The number of nitrogens with one attached hydrogen (secondary N) is 2. The van der Waals surface area contributed by atoms with Crippen molar-refractivity contribution >= 4 is 23.6 Å². The van der Waals surface area contributed by atoms with Crippen LogP contribution in [-0.4, -0.2) is 39.6 Å². The van der Waals surface area contributed by atoms with E-state index in [4.69, 9.17) is 9.47 Å². The minimum absolute atomic E-state index is 0.412. The third-order valence-corrected chi connectivity index (χ3v) is 4.74. The molecular formula is C21H26N4O3. The van der Waals surface area contributed by atoms with Crippen molar-refractivity contribution in [3.63, 3.8) is 0 Å². The molecule has 1 aliphatic heterocycles. The minimum atomic E-state index is -0.412. The highest BCUT2D eigenvalue weighted by molar-refractivity contribution is 5.92. The first-order chi connectivity index (χ1) is 13.6. The molecule has 28 heavy (non-hydrogen) atoms. The first-order valence-electron chi connectivity index (χ1n) is 9.29. The Morgan fingerprint density at radius 1 is 1.11 bits per heavy atom. The van der Waals surface area contributed by atoms with Crippen LogP contribution >= 0.6 is 0 Å². The lowest BCUT2D eigenvalue weighted by molar-refractivity contribution is 0.252. The van der Waals surface area contributed by atoms with Gasteiger partial charge in [-0.15, -0.1) is 0 Å². The number of hydrogen-bond acceptors (Lipinski definition) is 5. The second kappa shape index (κ2) is 9.12. The molecule has 1 saturated heterocycles. The number of carbonyl (C=O) groups is 1. The molecule has 0 radical (unpaired) electrons. The molecular weight excluding hydrogens is 356 g/mol. The molecule has 0 saturated carbocycles. The predicted octanol–water partition coefficient (Wildman–Crippen LogP) is 3.77. The van der Waals surface area contributed by atoms with Gasteiger partial charge in [0.05, 0.1) is 26.1 Å². The standard InChI is InChI=1S/C21H26N4O3/c1-15-8-4-5-9-17(15)23-21(26)24-22-14-16-12-20(28-3)18(13-19(16)27-2)25-10-6-7-11-25/h4-5,8-9,12-14H,6-7,10-11H2,1-3H3,(H2,23,24,26). The number of amides is 2. The fourth-order valence-electron chi connectivity index (χ4n) is 3.24. The van der Waals surface area contributed by atoms with Crippen molar-refractivity contribution in [2.45, 2.75) is 19.8 Å². The number of aryl methyl sites for hydroxylation is 1. The van der Waals surface area contributed by atoms with Crippen LogP contribution in [0, 0.1) is 6.92 Å². The first kappa shape index (κ1) is 19.5.